The summed E-state index contributed by atoms with van der Waals surface area (Å²) in [5.74, 6) is -0.466. The van der Waals surface area contributed by atoms with Gasteiger partial charge in [0.2, 0.25) is 10.0 Å². The lowest BCUT2D eigenvalue weighted by Gasteiger charge is -2.35. The number of pyridine rings is 1. The number of halogens is 1. The molecule has 0 spiro atoms. The highest BCUT2D eigenvalue weighted by Gasteiger charge is 2.34. The van der Waals surface area contributed by atoms with Crippen LogP contribution in [0.3, 0.4) is 0 Å². The minimum Gasteiger partial charge on any atom is -0.462 e. The second kappa shape index (κ2) is 9.27. The molecule has 1 aliphatic heterocycles. The summed E-state index contributed by atoms with van der Waals surface area (Å²) in [6.45, 7) is 3.45. The van der Waals surface area contributed by atoms with Gasteiger partial charge in [-0.2, -0.15) is 4.31 Å². The van der Waals surface area contributed by atoms with Crippen LogP contribution in [0.2, 0.25) is 0 Å². The number of carbonyl (C=O) groups is 1. The van der Waals surface area contributed by atoms with Crippen LogP contribution in [0.15, 0.2) is 53.7 Å². The van der Waals surface area contributed by atoms with Gasteiger partial charge in [-0.3, -0.25) is 4.98 Å². The van der Waals surface area contributed by atoms with Crippen molar-refractivity contribution in [1.82, 2.24) is 14.6 Å². The van der Waals surface area contributed by atoms with E-state index in [0.717, 1.165) is 5.56 Å². The Morgan fingerprint density at radius 3 is 2.67 bits per heavy atom. The molecular weight excluding hydrogens is 390 g/mol. The molecule has 0 aliphatic carbocycles. The van der Waals surface area contributed by atoms with Crippen LogP contribution in [-0.2, 0) is 14.8 Å². The Balaban J connectivity index is 0.00000261. The lowest BCUT2D eigenvalue weighted by atomic mass is 10.1. The number of esters is 1. The van der Waals surface area contributed by atoms with Crippen molar-refractivity contribution in [2.24, 2.45) is 0 Å². The van der Waals surface area contributed by atoms with E-state index in [1.807, 2.05) is 6.07 Å². The molecular formula is C18H22ClN3O4S. The molecule has 3 rings (SSSR count). The van der Waals surface area contributed by atoms with Crippen LogP contribution in [-0.4, -0.2) is 49.9 Å². The molecule has 1 unspecified atom stereocenters. The van der Waals surface area contributed by atoms with Crippen molar-refractivity contribution >= 4 is 28.4 Å². The Labute approximate surface area is 165 Å². The van der Waals surface area contributed by atoms with Crippen molar-refractivity contribution in [3.8, 4) is 0 Å². The fraction of sp³-hybridized carbons (Fsp3) is 0.333. The topological polar surface area (TPSA) is 88.6 Å². The van der Waals surface area contributed by atoms with Crippen LogP contribution in [0.1, 0.15) is 28.9 Å². The Morgan fingerprint density at radius 1 is 1.30 bits per heavy atom. The van der Waals surface area contributed by atoms with Gasteiger partial charge in [-0.15, -0.1) is 12.4 Å². The number of nitrogens with one attached hydrogen (secondary N) is 1. The molecule has 1 aromatic carbocycles. The number of hydrogen-bond donors (Lipinski definition) is 1. The highest BCUT2D eigenvalue weighted by Crippen LogP contribution is 2.28. The summed E-state index contributed by atoms with van der Waals surface area (Å²) in [4.78, 5) is 16.0. The number of nitrogens with zero attached hydrogens (tertiary/aromatic N) is 2. The SMILES string of the molecule is CCOC(=O)c1ccc(S(=O)(=O)N2CCNCC2c2cccnc2)cc1.Cl. The van der Waals surface area contributed by atoms with E-state index in [1.54, 1.807) is 25.4 Å². The molecule has 0 radical (unpaired) electrons. The summed E-state index contributed by atoms with van der Waals surface area (Å²) in [7, 11) is -3.70. The average Bonchev–Trinajstić information content (AvgIpc) is 2.69. The maximum Gasteiger partial charge on any atom is 0.338 e. The predicted molar refractivity (Wildman–Crippen MR) is 103 cm³/mol. The van der Waals surface area contributed by atoms with Crippen molar-refractivity contribution in [3.63, 3.8) is 0 Å². The molecule has 9 heteroatoms. The molecule has 2 aromatic rings. The van der Waals surface area contributed by atoms with Gasteiger partial charge in [0, 0.05) is 32.0 Å². The molecule has 0 amide bonds. The number of piperazine rings is 1. The van der Waals surface area contributed by atoms with E-state index in [2.05, 4.69) is 10.3 Å². The second-order valence-corrected chi connectivity index (χ2v) is 7.76. The van der Waals surface area contributed by atoms with Gasteiger partial charge in [0.15, 0.2) is 0 Å². The minimum atomic E-state index is -3.70. The smallest absolute Gasteiger partial charge is 0.338 e. The Hall–Kier alpha value is -2.00. The molecule has 1 aliphatic rings. The first-order valence-electron chi connectivity index (χ1n) is 8.43. The molecule has 2 heterocycles. The molecule has 7 nitrogen and oxygen atoms in total. The van der Waals surface area contributed by atoms with E-state index in [9.17, 15) is 13.2 Å². The Kier molecular flexibility index (Phi) is 7.32. The fourth-order valence-corrected chi connectivity index (χ4v) is 4.56. The zero-order valence-corrected chi connectivity index (χ0v) is 16.5. The molecule has 1 N–H and O–H groups in total. The van der Waals surface area contributed by atoms with Crippen LogP contribution in [0.25, 0.3) is 0 Å². The van der Waals surface area contributed by atoms with Crippen molar-refractivity contribution < 1.29 is 17.9 Å². The summed E-state index contributed by atoms with van der Waals surface area (Å²) in [6, 6.07) is 9.19. The number of rotatable bonds is 5. The third kappa shape index (κ3) is 4.65. The summed E-state index contributed by atoms with van der Waals surface area (Å²) < 4.78 is 32.7. The summed E-state index contributed by atoms with van der Waals surface area (Å²) in [5, 5.41) is 3.23. The molecule has 0 saturated carbocycles. The number of benzene rings is 1. The third-order valence-corrected chi connectivity index (χ3v) is 6.16. The van der Waals surface area contributed by atoms with Crippen LogP contribution in [0.5, 0.6) is 0 Å². The summed E-state index contributed by atoms with van der Waals surface area (Å²) in [6.07, 6.45) is 3.34. The Morgan fingerprint density at radius 2 is 2.04 bits per heavy atom. The van der Waals surface area contributed by atoms with Crippen LogP contribution >= 0.6 is 12.4 Å². The fourth-order valence-electron chi connectivity index (χ4n) is 2.94. The average molecular weight is 412 g/mol. The largest absolute Gasteiger partial charge is 0.462 e. The van der Waals surface area contributed by atoms with Crippen LogP contribution in [0.4, 0.5) is 0 Å². The maximum absolute atomic E-state index is 13.1. The zero-order chi connectivity index (χ0) is 18.6. The summed E-state index contributed by atoms with van der Waals surface area (Å²) >= 11 is 0. The van der Waals surface area contributed by atoms with E-state index >= 15 is 0 Å². The second-order valence-electron chi connectivity index (χ2n) is 5.87. The van der Waals surface area contributed by atoms with Crippen LogP contribution < -0.4 is 5.32 Å². The molecule has 1 atom stereocenters. The first-order chi connectivity index (χ1) is 12.5. The molecule has 1 fully saturated rings. The third-order valence-electron chi connectivity index (χ3n) is 4.24. The van der Waals surface area contributed by atoms with Gasteiger partial charge in [-0.05, 0) is 42.8 Å². The van der Waals surface area contributed by atoms with E-state index in [4.69, 9.17) is 4.74 Å². The van der Waals surface area contributed by atoms with E-state index < -0.39 is 16.0 Å². The molecule has 1 saturated heterocycles. The van der Waals surface area contributed by atoms with Gasteiger partial charge in [0.25, 0.3) is 0 Å². The number of sulfonamides is 1. The molecule has 27 heavy (non-hydrogen) atoms. The summed E-state index contributed by atoms with van der Waals surface area (Å²) in [5.41, 5.74) is 1.17. The Bertz CT molecular complexity index is 860. The lowest BCUT2D eigenvalue weighted by molar-refractivity contribution is 0.0526. The van der Waals surface area contributed by atoms with Gasteiger partial charge >= 0.3 is 5.97 Å². The maximum atomic E-state index is 13.1. The monoisotopic (exact) mass is 411 g/mol. The normalized spacial score (nSPS) is 17.7. The zero-order valence-electron chi connectivity index (χ0n) is 14.9. The van der Waals surface area contributed by atoms with E-state index in [0.29, 0.717) is 25.2 Å². The standard InChI is InChI=1S/C18H21N3O4S.ClH/c1-2-25-18(22)14-5-7-16(8-6-14)26(23,24)21-11-10-20-13-17(21)15-4-3-9-19-12-15;/h3-9,12,17,20H,2,10-11,13H2,1H3;1H. The van der Waals surface area contributed by atoms with Crippen molar-refractivity contribution in [2.75, 3.05) is 26.2 Å². The number of hydrogen-bond acceptors (Lipinski definition) is 6. The first-order valence-corrected chi connectivity index (χ1v) is 9.87. The van der Waals surface area contributed by atoms with Gasteiger partial charge in [0.05, 0.1) is 23.1 Å². The van der Waals surface area contributed by atoms with Crippen molar-refractivity contribution in [1.29, 1.82) is 0 Å². The van der Waals surface area contributed by atoms with Crippen molar-refractivity contribution in [3.05, 3.63) is 59.9 Å². The molecule has 0 bridgehead atoms. The van der Waals surface area contributed by atoms with E-state index in [1.165, 1.54) is 28.6 Å². The van der Waals surface area contributed by atoms with Gasteiger partial charge in [-0.1, -0.05) is 6.07 Å². The number of carbonyl (C=O) groups excluding carboxylic acids is 1. The predicted octanol–water partition coefficient (Wildman–Crippen LogP) is 2.02. The lowest BCUT2D eigenvalue weighted by Crippen LogP contribution is -2.48. The molecule has 1 aromatic heterocycles. The highest BCUT2D eigenvalue weighted by molar-refractivity contribution is 7.89. The van der Waals surface area contributed by atoms with Gasteiger partial charge < -0.3 is 10.1 Å². The first kappa shape index (κ1) is 21.3. The number of aromatic nitrogens is 1. The van der Waals surface area contributed by atoms with E-state index in [-0.39, 0.29) is 30.0 Å². The van der Waals surface area contributed by atoms with Gasteiger partial charge in [-0.25, -0.2) is 13.2 Å². The van der Waals surface area contributed by atoms with Crippen LogP contribution in [0, 0.1) is 0 Å². The number of ether oxygens (including phenoxy) is 1. The molecule has 146 valence electrons. The van der Waals surface area contributed by atoms with Gasteiger partial charge in [0.1, 0.15) is 0 Å². The quantitative estimate of drug-likeness (QED) is 0.757. The highest BCUT2D eigenvalue weighted by atomic mass is 35.5. The minimum absolute atomic E-state index is 0. The van der Waals surface area contributed by atoms with Crippen molar-refractivity contribution in [2.45, 2.75) is 17.9 Å².